The highest BCUT2D eigenvalue weighted by Gasteiger charge is 2.52. The van der Waals surface area contributed by atoms with Gasteiger partial charge in [0.2, 0.25) is 11.8 Å². The van der Waals surface area contributed by atoms with Crippen molar-refractivity contribution in [1.29, 1.82) is 0 Å². The molecule has 0 saturated carbocycles. The predicted molar refractivity (Wildman–Crippen MR) is 128 cm³/mol. The Morgan fingerprint density at radius 3 is 1.90 bits per heavy atom. The molecule has 2 heterocycles. The zero-order chi connectivity index (χ0) is 30.3. The number of ether oxygens (including phenoxy) is 4. The van der Waals surface area contributed by atoms with Gasteiger partial charge in [-0.05, 0) is 0 Å². The van der Waals surface area contributed by atoms with Crippen molar-refractivity contribution < 1.29 is 74.2 Å². The zero-order valence-corrected chi connectivity index (χ0v) is 21.8. The molecule has 0 bridgehead atoms. The molecule has 0 aromatic carbocycles. The molecule has 0 unspecified atom stereocenters. The summed E-state index contributed by atoms with van der Waals surface area (Å²) >= 11 is 0. The first-order valence-corrected chi connectivity index (χ1v) is 12.4. The molecule has 12 N–H and O–H groups in total. The van der Waals surface area contributed by atoms with E-state index in [1.165, 1.54) is 0 Å². The standard InChI is InChI=1S/C22H39N3O15/c1-7(30)24-13-17(35)16(34)11(5-28)37-21(13)40-20-12(6-29)38-22(14(18(20)36)25-8(2)31)39-19(10(32)4-27)15(33)9(23)3-26/h3,9-22,27-29,32-36H,4-6,23H2,1-2H3,(H,24,30)(H,25,31)/t9-,10+,11+,12+,13+,14+,15+,16+,17+,18+,19+,20+,21-,22-/m0/s1. The number of carbonyl (C=O) groups is 3. The Labute approximate surface area is 228 Å². The second-order valence-corrected chi connectivity index (χ2v) is 9.53. The van der Waals surface area contributed by atoms with Crippen molar-refractivity contribution in [2.45, 2.75) is 99.5 Å². The van der Waals surface area contributed by atoms with Gasteiger partial charge >= 0.3 is 0 Å². The van der Waals surface area contributed by atoms with Gasteiger partial charge in [0, 0.05) is 13.8 Å². The lowest BCUT2D eigenvalue weighted by molar-refractivity contribution is -0.341. The van der Waals surface area contributed by atoms with E-state index in [-0.39, 0.29) is 6.29 Å². The van der Waals surface area contributed by atoms with Gasteiger partial charge in [-0.2, -0.15) is 0 Å². The van der Waals surface area contributed by atoms with Crippen LogP contribution in [0.25, 0.3) is 0 Å². The van der Waals surface area contributed by atoms with Crippen LogP contribution in [0.4, 0.5) is 0 Å². The summed E-state index contributed by atoms with van der Waals surface area (Å²) in [6.45, 7) is -0.380. The summed E-state index contributed by atoms with van der Waals surface area (Å²) in [6.07, 6.45) is -18.2. The molecule has 0 spiro atoms. The zero-order valence-electron chi connectivity index (χ0n) is 21.8. The van der Waals surface area contributed by atoms with E-state index >= 15 is 0 Å². The van der Waals surface area contributed by atoms with Crippen molar-refractivity contribution in [3.63, 3.8) is 0 Å². The summed E-state index contributed by atoms with van der Waals surface area (Å²) in [6, 6.07) is -4.52. The first kappa shape index (κ1) is 34.3. The molecule has 2 aliphatic rings. The molecule has 0 aliphatic carbocycles. The normalized spacial score (nSPS) is 37.6. The van der Waals surface area contributed by atoms with Gasteiger partial charge in [0.1, 0.15) is 73.3 Å². The summed E-state index contributed by atoms with van der Waals surface area (Å²) in [5.74, 6) is -1.36. The van der Waals surface area contributed by atoms with E-state index < -0.39 is 117 Å². The maximum Gasteiger partial charge on any atom is 0.217 e. The van der Waals surface area contributed by atoms with Crippen molar-refractivity contribution >= 4 is 18.1 Å². The number of nitrogens with two attached hydrogens (primary N) is 1. The quantitative estimate of drug-likeness (QED) is 0.0894. The minimum Gasteiger partial charge on any atom is -0.394 e. The van der Waals surface area contributed by atoms with Gasteiger partial charge in [0.25, 0.3) is 0 Å². The van der Waals surface area contributed by atoms with Crippen LogP contribution in [0.2, 0.25) is 0 Å². The van der Waals surface area contributed by atoms with Crippen molar-refractivity contribution in [3.8, 4) is 0 Å². The number of hydrogen-bond donors (Lipinski definition) is 11. The third kappa shape index (κ3) is 8.10. The number of hydrogen-bond acceptors (Lipinski definition) is 16. The van der Waals surface area contributed by atoms with Crippen molar-refractivity contribution in [1.82, 2.24) is 10.6 Å². The molecule has 2 amide bonds. The average Bonchev–Trinajstić information content (AvgIpc) is 2.92. The van der Waals surface area contributed by atoms with E-state index in [0.29, 0.717) is 0 Å². The van der Waals surface area contributed by atoms with E-state index in [9.17, 15) is 55.2 Å². The number of aliphatic hydroxyl groups excluding tert-OH is 8. The monoisotopic (exact) mass is 585 g/mol. The molecule has 0 aromatic heterocycles. The molecule has 0 radical (unpaired) electrons. The van der Waals surface area contributed by atoms with Crippen LogP contribution in [0, 0.1) is 0 Å². The number of aldehydes is 1. The van der Waals surface area contributed by atoms with Gasteiger partial charge in [-0.1, -0.05) is 0 Å². The number of carbonyl (C=O) groups excluding carboxylic acids is 3. The summed E-state index contributed by atoms with van der Waals surface area (Å²) < 4.78 is 22.5. The summed E-state index contributed by atoms with van der Waals surface area (Å²) in [7, 11) is 0. The molecule has 40 heavy (non-hydrogen) atoms. The fraction of sp³-hybridized carbons (Fsp3) is 0.864. The summed E-state index contributed by atoms with van der Waals surface area (Å²) in [4.78, 5) is 34.8. The maximum atomic E-state index is 12.0. The second-order valence-electron chi connectivity index (χ2n) is 9.53. The van der Waals surface area contributed by atoms with E-state index in [1.54, 1.807) is 0 Å². The van der Waals surface area contributed by atoms with E-state index in [2.05, 4.69) is 10.6 Å². The minimum atomic E-state index is -1.88. The Kier molecular flexibility index (Phi) is 13.2. The SMILES string of the molecule is CC(=O)N[C@H]1[C@H](O[C@@H]([C@H](O)[C@@H](N)C=O)[C@H](O)CO)O[C@H](CO)[C@@H](O[C@@H]2O[C@H](CO)[C@@H](O)[C@H](O)[C@H]2NC(C)=O)[C@@H]1O. The Balaban J connectivity index is 2.39. The number of amides is 2. The van der Waals surface area contributed by atoms with Gasteiger partial charge in [-0.15, -0.1) is 0 Å². The molecule has 2 fully saturated rings. The Morgan fingerprint density at radius 1 is 0.900 bits per heavy atom. The van der Waals surface area contributed by atoms with E-state index in [0.717, 1.165) is 13.8 Å². The number of rotatable bonds is 13. The maximum absolute atomic E-state index is 12.0. The van der Waals surface area contributed by atoms with Crippen LogP contribution in [0.1, 0.15) is 13.8 Å². The summed E-state index contributed by atoms with van der Waals surface area (Å²) in [5, 5.41) is 86.2. The predicted octanol–water partition coefficient (Wildman–Crippen LogP) is -7.48. The molecule has 14 atom stereocenters. The molecule has 2 saturated heterocycles. The minimum absolute atomic E-state index is 0.161. The number of aliphatic hydroxyl groups is 8. The lowest BCUT2D eigenvalue weighted by Crippen LogP contribution is -2.70. The van der Waals surface area contributed by atoms with Crippen LogP contribution in [-0.2, 0) is 33.3 Å². The fourth-order valence-electron chi connectivity index (χ4n) is 4.44. The van der Waals surface area contributed by atoms with Crippen LogP contribution < -0.4 is 16.4 Å². The smallest absolute Gasteiger partial charge is 0.217 e. The lowest BCUT2D eigenvalue weighted by Gasteiger charge is -2.48. The van der Waals surface area contributed by atoms with Crippen LogP contribution in [-0.4, -0.2) is 164 Å². The van der Waals surface area contributed by atoms with E-state index in [1.807, 2.05) is 0 Å². The third-order valence-electron chi connectivity index (χ3n) is 6.51. The van der Waals surface area contributed by atoms with Crippen molar-refractivity contribution in [3.05, 3.63) is 0 Å². The van der Waals surface area contributed by atoms with Crippen LogP contribution in [0.15, 0.2) is 0 Å². The fourth-order valence-corrected chi connectivity index (χ4v) is 4.44. The van der Waals surface area contributed by atoms with E-state index in [4.69, 9.17) is 24.7 Å². The highest BCUT2D eigenvalue weighted by Crippen LogP contribution is 2.31. The highest BCUT2D eigenvalue weighted by molar-refractivity contribution is 5.73. The Morgan fingerprint density at radius 2 is 1.43 bits per heavy atom. The molecular formula is C22H39N3O15. The molecule has 2 rings (SSSR count). The van der Waals surface area contributed by atoms with Gasteiger partial charge in [0.15, 0.2) is 12.6 Å². The van der Waals surface area contributed by atoms with Crippen LogP contribution in [0.5, 0.6) is 0 Å². The topological polar surface area (TPSA) is 300 Å². The van der Waals surface area contributed by atoms with Crippen LogP contribution >= 0.6 is 0 Å². The van der Waals surface area contributed by atoms with Crippen molar-refractivity contribution in [2.24, 2.45) is 5.73 Å². The lowest BCUT2D eigenvalue weighted by atomic mass is 9.94. The molecule has 232 valence electrons. The van der Waals surface area contributed by atoms with Crippen LogP contribution in [0.3, 0.4) is 0 Å². The summed E-state index contributed by atoms with van der Waals surface area (Å²) in [5.41, 5.74) is 5.52. The Hall–Kier alpha value is -1.91. The van der Waals surface area contributed by atoms with Gasteiger partial charge in [0.05, 0.1) is 25.9 Å². The molecular weight excluding hydrogens is 546 g/mol. The molecule has 2 aliphatic heterocycles. The van der Waals surface area contributed by atoms with Crippen molar-refractivity contribution in [2.75, 3.05) is 19.8 Å². The van der Waals surface area contributed by atoms with Gasteiger partial charge in [-0.3, -0.25) is 9.59 Å². The molecule has 18 nitrogen and oxygen atoms in total. The van der Waals surface area contributed by atoms with Gasteiger partial charge < -0.3 is 81.0 Å². The largest absolute Gasteiger partial charge is 0.394 e. The first-order valence-electron chi connectivity index (χ1n) is 12.4. The van der Waals surface area contributed by atoms with Gasteiger partial charge in [-0.25, -0.2) is 0 Å². The highest BCUT2D eigenvalue weighted by atomic mass is 16.7. The molecule has 18 heteroatoms. The average molecular weight is 586 g/mol. The second kappa shape index (κ2) is 15.4. The molecule has 0 aromatic rings. The third-order valence-corrected chi connectivity index (χ3v) is 6.51. The Bertz CT molecular complexity index is 839. The number of nitrogens with one attached hydrogen (secondary N) is 2. The first-order chi connectivity index (χ1) is 18.8.